The SMILES string of the molecule is Cc1ccc2cc(C(=O)O)cc(OC3CC3)c2n1. The van der Waals surface area contributed by atoms with Crippen LogP contribution in [0.1, 0.15) is 28.9 Å². The van der Waals surface area contributed by atoms with E-state index < -0.39 is 5.97 Å². The highest BCUT2D eigenvalue weighted by Gasteiger charge is 2.25. The second-order valence-corrected chi connectivity index (χ2v) is 4.62. The third-order valence-corrected chi connectivity index (χ3v) is 2.96. The maximum absolute atomic E-state index is 11.1. The number of carboxylic acid groups (broad SMARTS) is 1. The van der Waals surface area contributed by atoms with Crippen LogP contribution in [0.15, 0.2) is 24.3 Å². The fraction of sp³-hybridized carbons (Fsp3) is 0.286. The predicted molar refractivity (Wildman–Crippen MR) is 67.1 cm³/mol. The van der Waals surface area contributed by atoms with Gasteiger partial charge in [-0.3, -0.25) is 0 Å². The number of carboxylic acids is 1. The molecule has 1 aromatic heterocycles. The van der Waals surface area contributed by atoms with Gasteiger partial charge in [0.05, 0.1) is 11.7 Å². The number of fused-ring (bicyclic) bond motifs is 1. The van der Waals surface area contributed by atoms with Gasteiger partial charge in [-0.05, 0) is 38.0 Å². The second-order valence-electron chi connectivity index (χ2n) is 4.62. The Kier molecular flexibility index (Phi) is 2.44. The fourth-order valence-electron chi connectivity index (χ4n) is 1.88. The molecule has 0 unspecified atom stereocenters. The highest BCUT2D eigenvalue weighted by atomic mass is 16.5. The summed E-state index contributed by atoms with van der Waals surface area (Å²) < 4.78 is 5.76. The Balaban J connectivity index is 2.19. The Labute approximate surface area is 104 Å². The smallest absolute Gasteiger partial charge is 0.335 e. The molecule has 18 heavy (non-hydrogen) atoms. The molecule has 4 nitrogen and oxygen atoms in total. The first-order valence-corrected chi connectivity index (χ1v) is 5.95. The molecule has 1 aliphatic carbocycles. The maximum atomic E-state index is 11.1. The van der Waals surface area contributed by atoms with Crippen LogP contribution in [0, 0.1) is 6.92 Å². The van der Waals surface area contributed by atoms with Crippen molar-refractivity contribution in [2.24, 2.45) is 0 Å². The van der Waals surface area contributed by atoms with Gasteiger partial charge < -0.3 is 9.84 Å². The monoisotopic (exact) mass is 243 g/mol. The minimum Gasteiger partial charge on any atom is -0.488 e. The van der Waals surface area contributed by atoms with E-state index in [0.717, 1.165) is 29.4 Å². The minimum absolute atomic E-state index is 0.222. The average Bonchev–Trinajstić information content (AvgIpc) is 3.13. The number of aryl methyl sites for hydroxylation is 1. The van der Waals surface area contributed by atoms with Crippen LogP contribution in [0.5, 0.6) is 5.75 Å². The summed E-state index contributed by atoms with van der Waals surface area (Å²) in [5.74, 6) is -0.366. The minimum atomic E-state index is -0.946. The third-order valence-electron chi connectivity index (χ3n) is 2.96. The number of aromatic nitrogens is 1. The molecule has 92 valence electrons. The quantitative estimate of drug-likeness (QED) is 0.900. The van der Waals surface area contributed by atoms with Gasteiger partial charge in [0, 0.05) is 11.1 Å². The summed E-state index contributed by atoms with van der Waals surface area (Å²) in [4.78, 5) is 15.5. The number of aromatic carboxylic acids is 1. The van der Waals surface area contributed by atoms with Crippen molar-refractivity contribution in [1.29, 1.82) is 0 Å². The molecule has 0 amide bonds. The number of nitrogens with zero attached hydrogens (tertiary/aromatic N) is 1. The number of carbonyl (C=O) groups is 1. The second kappa shape index (κ2) is 3.98. The van der Waals surface area contributed by atoms with Gasteiger partial charge in [-0.1, -0.05) is 6.07 Å². The molecule has 0 atom stereocenters. The van der Waals surface area contributed by atoms with Crippen LogP contribution in [0.4, 0.5) is 0 Å². The van der Waals surface area contributed by atoms with Crippen LogP contribution in [-0.4, -0.2) is 22.2 Å². The predicted octanol–water partition coefficient (Wildman–Crippen LogP) is 2.78. The van der Waals surface area contributed by atoms with Gasteiger partial charge in [0.15, 0.2) is 0 Å². The number of pyridine rings is 1. The Morgan fingerprint density at radius 2 is 2.17 bits per heavy atom. The van der Waals surface area contributed by atoms with Crippen molar-refractivity contribution in [3.63, 3.8) is 0 Å². The lowest BCUT2D eigenvalue weighted by Crippen LogP contribution is -2.02. The summed E-state index contributed by atoms with van der Waals surface area (Å²) in [6.45, 7) is 1.91. The van der Waals surface area contributed by atoms with E-state index in [9.17, 15) is 4.79 Å². The normalized spacial score (nSPS) is 14.7. The standard InChI is InChI=1S/C14H13NO3/c1-8-2-3-9-6-10(14(16)17)7-12(13(9)15-8)18-11-4-5-11/h2-3,6-7,11H,4-5H2,1H3,(H,16,17). The van der Waals surface area contributed by atoms with Crippen LogP contribution < -0.4 is 4.74 Å². The average molecular weight is 243 g/mol. The molecule has 0 radical (unpaired) electrons. The summed E-state index contributed by atoms with van der Waals surface area (Å²) >= 11 is 0. The summed E-state index contributed by atoms with van der Waals surface area (Å²) in [6.07, 6.45) is 2.29. The Bertz CT molecular complexity index is 632. The summed E-state index contributed by atoms with van der Waals surface area (Å²) in [6, 6.07) is 6.94. The van der Waals surface area contributed by atoms with Crippen molar-refractivity contribution in [3.8, 4) is 5.75 Å². The summed E-state index contributed by atoms with van der Waals surface area (Å²) in [5, 5.41) is 9.90. The Hall–Kier alpha value is -2.10. The first-order chi connectivity index (χ1) is 8.63. The summed E-state index contributed by atoms with van der Waals surface area (Å²) in [5.41, 5.74) is 1.88. The lowest BCUT2D eigenvalue weighted by atomic mass is 10.1. The van der Waals surface area contributed by atoms with Gasteiger partial charge in [-0.15, -0.1) is 0 Å². The van der Waals surface area contributed by atoms with Crippen molar-refractivity contribution in [2.45, 2.75) is 25.9 Å². The molecule has 2 aromatic rings. The van der Waals surface area contributed by atoms with Gasteiger partial charge in [0.2, 0.25) is 0 Å². The van der Waals surface area contributed by atoms with Gasteiger partial charge in [-0.2, -0.15) is 0 Å². The van der Waals surface area contributed by atoms with Gasteiger partial charge in [0.1, 0.15) is 11.3 Å². The number of hydrogen-bond donors (Lipinski definition) is 1. The van der Waals surface area contributed by atoms with E-state index >= 15 is 0 Å². The van der Waals surface area contributed by atoms with Crippen molar-refractivity contribution >= 4 is 16.9 Å². The lowest BCUT2D eigenvalue weighted by molar-refractivity contribution is 0.0696. The number of rotatable bonds is 3. The molecule has 1 fully saturated rings. The van der Waals surface area contributed by atoms with E-state index in [1.165, 1.54) is 0 Å². The van der Waals surface area contributed by atoms with Crippen LogP contribution in [-0.2, 0) is 0 Å². The van der Waals surface area contributed by atoms with Crippen molar-refractivity contribution < 1.29 is 14.6 Å². The molecular formula is C14H13NO3. The largest absolute Gasteiger partial charge is 0.488 e. The van der Waals surface area contributed by atoms with Crippen LogP contribution >= 0.6 is 0 Å². The Morgan fingerprint density at radius 3 is 2.83 bits per heavy atom. The zero-order valence-electron chi connectivity index (χ0n) is 10.0. The molecule has 1 saturated carbocycles. The van der Waals surface area contributed by atoms with Crippen molar-refractivity contribution in [2.75, 3.05) is 0 Å². The van der Waals surface area contributed by atoms with E-state index in [-0.39, 0.29) is 11.7 Å². The molecule has 0 aliphatic heterocycles. The van der Waals surface area contributed by atoms with Crippen LogP contribution in [0.2, 0.25) is 0 Å². The third kappa shape index (κ3) is 2.01. The number of ether oxygens (including phenoxy) is 1. The van der Waals surface area contributed by atoms with Gasteiger partial charge in [0.25, 0.3) is 0 Å². The molecule has 1 N–H and O–H groups in total. The molecule has 0 bridgehead atoms. The Morgan fingerprint density at radius 1 is 1.39 bits per heavy atom. The zero-order chi connectivity index (χ0) is 12.7. The van der Waals surface area contributed by atoms with Gasteiger partial charge in [-0.25, -0.2) is 9.78 Å². The molecule has 1 aliphatic rings. The van der Waals surface area contributed by atoms with E-state index in [4.69, 9.17) is 9.84 Å². The molecule has 4 heteroatoms. The van der Waals surface area contributed by atoms with E-state index in [0.29, 0.717) is 5.75 Å². The van der Waals surface area contributed by atoms with Crippen molar-refractivity contribution in [3.05, 3.63) is 35.5 Å². The zero-order valence-corrected chi connectivity index (χ0v) is 10.0. The fourth-order valence-corrected chi connectivity index (χ4v) is 1.88. The van der Waals surface area contributed by atoms with Crippen molar-refractivity contribution in [1.82, 2.24) is 4.98 Å². The van der Waals surface area contributed by atoms with Gasteiger partial charge >= 0.3 is 5.97 Å². The van der Waals surface area contributed by atoms with Crippen LogP contribution in [0.3, 0.4) is 0 Å². The van der Waals surface area contributed by atoms with Crippen LogP contribution in [0.25, 0.3) is 10.9 Å². The molecule has 1 aromatic carbocycles. The lowest BCUT2D eigenvalue weighted by Gasteiger charge is -2.09. The topological polar surface area (TPSA) is 59.4 Å². The number of hydrogen-bond acceptors (Lipinski definition) is 3. The molecular weight excluding hydrogens is 230 g/mol. The van der Waals surface area contributed by atoms with E-state index in [2.05, 4.69) is 4.98 Å². The highest BCUT2D eigenvalue weighted by Crippen LogP contribution is 2.32. The molecule has 0 saturated heterocycles. The summed E-state index contributed by atoms with van der Waals surface area (Å²) in [7, 11) is 0. The maximum Gasteiger partial charge on any atom is 0.335 e. The van der Waals surface area contributed by atoms with E-state index in [1.54, 1.807) is 12.1 Å². The number of benzene rings is 1. The van der Waals surface area contributed by atoms with E-state index in [1.807, 2.05) is 19.1 Å². The first kappa shape index (κ1) is 11.0. The highest BCUT2D eigenvalue weighted by molar-refractivity contribution is 5.96. The molecule has 0 spiro atoms. The first-order valence-electron chi connectivity index (χ1n) is 5.95. The molecule has 1 heterocycles. The molecule has 3 rings (SSSR count).